The molecule has 0 saturated heterocycles. The van der Waals surface area contributed by atoms with Gasteiger partial charge in [-0.2, -0.15) is 5.26 Å². The Labute approximate surface area is 169 Å². The van der Waals surface area contributed by atoms with E-state index in [0.29, 0.717) is 5.57 Å². The monoisotopic (exact) mass is 432 g/mol. The van der Waals surface area contributed by atoms with Gasteiger partial charge in [0, 0.05) is 56.2 Å². The number of rotatable bonds is 4. The highest BCUT2D eigenvalue weighted by molar-refractivity contribution is 9.10. The van der Waals surface area contributed by atoms with E-state index in [1.165, 1.54) is 0 Å². The molecule has 0 atom stereocenters. The van der Waals surface area contributed by atoms with Crippen molar-refractivity contribution in [2.45, 2.75) is 9.92 Å². The van der Waals surface area contributed by atoms with Crippen LogP contribution in [-0.4, -0.2) is 15.0 Å². The summed E-state index contributed by atoms with van der Waals surface area (Å²) in [4.78, 5) is 12.8. The fourth-order valence-corrected chi connectivity index (χ4v) is 3.96. The standard InChI is InChI=1S/C21H13BrN4S/c22-16-4-5-19-17(10-16)18(13-26-19)14(11-23)9-15-12-24-8-6-20(15)27-21-3-1-2-7-25-21/h1-10,12-13,26H. The maximum atomic E-state index is 9.79. The lowest BCUT2D eigenvalue weighted by molar-refractivity contribution is 1.13. The van der Waals surface area contributed by atoms with Gasteiger partial charge in [0.15, 0.2) is 0 Å². The maximum Gasteiger partial charge on any atom is 0.101 e. The zero-order valence-electron chi connectivity index (χ0n) is 14.1. The molecule has 0 saturated carbocycles. The highest BCUT2D eigenvalue weighted by atomic mass is 79.9. The van der Waals surface area contributed by atoms with Crippen LogP contribution in [0.5, 0.6) is 0 Å². The molecule has 1 aromatic carbocycles. The van der Waals surface area contributed by atoms with Crippen molar-refractivity contribution in [2.24, 2.45) is 0 Å². The second-order valence-corrected chi connectivity index (χ2v) is 7.72. The van der Waals surface area contributed by atoms with Crippen LogP contribution in [0.25, 0.3) is 22.6 Å². The maximum absolute atomic E-state index is 9.79. The van der Waals surface area contributed by atoms with E-state index >= 15 is 0 Å². The van der Waals surface area contributed by atoms with Gasteiger partial charge in [-0.3, -0.25) is 4.98 Å². The Balaban J connectivity index is 1.77. The van der Waals surface area contributed by atoms with Crippen LogP contribution in [0.1, 0.15) is 11.1 Å². The molecule has 0 amide bonds. The average Bonchev–Trinajstić information content (AvgIpc) is 3.11. The Bertz CT molecular complexity index is 1180. The number of H-pyrrole nitrogens is 1. The fraction of sp³-hybridized carbons (Fsp3) is 0. The normalized spacial score (nSPS) is 11.5. The van der Waals surface area contributed by atoms with E-state index in [0.717, 1.165) is 36.4 Å². The molecule has 3 heterocycles. The first-order chi connectivity index (χ1) is 13.2. The Morgan fingerprint density at radius 2 is 2.11 bits per heavy atom. The number of aromatic amines is 1. The van der Waals surface area contributed by atoms with Crippen LogP contribution >= 0.6 is 27.7 Å². The summed E-state index contributed by atoms with van der Waals surface area (Å²) < 4.78 is 0.973. The molecule has 4 aromatic rings. The molecule has 0 spiro atoms. The van der Waals surface area contributed by atoms with E-state index in [-0.39, 0.29) is 0 Å². The van der Waals surface area contributed by atoms with Crippen LogP contribution < -0.4 is 0 Å². The molecule has 6 heteroatoms. The summed E-state index contributed by atoms with van der Waals surface area (Å²) in [5, 5.41) is 11.7. The Morgan fingerprint density at radius 3 is 2.93 bits per heavy atom. The number of halogens is 1. The first kappa shape index (κ1) is 17.5. The Kier molecular flexibility index (Phi) is 5.05. The predicted molar refractivity (Wildman–Crippen MR) is 112 cm³/mol. The van der Waals surface area contributed by atoms with Gasteiger partial charge in [-0.05, 0) is 42.5 Å². The SMILES string of the molecule is N#CC(=Cc1cnccc1Sc1ccccn1)c1c[nH]c2ccc(Br)cc12. The third kappa shape index (κ3) is 3.80. The Morgan fingerprint density at radius 1 is 1.19 bits per heavy atom. The molecule has 0 fully saturated rings. The van der Waals surface area contributed by atoms with Gasteiger partial charge in [0.1, 0.15) is 5.03 Å². The lowest BCUT2D eigenvalue weighted by atomic mass is 10.0. The second kappa shape index (κ2) is 7.78. The van der Waals surface area contributed by atoms with Crippen molar-refractivity contribution in [3.8, 4) is 6.07 Å². The molecule has 0 bridgehead atoms. The minimum absolute atomic E-state index is 0.579. The summed E-state index contributed by atoms with van der Waals surface area (Å²) in [7, 11) is 0. The molecule has 130 valence electrons. The minimum Gasteiger partial charge on any atom is -0.361 e. The number of hydrogen-bond acceptors (Lipinski definition) is 4. The molecule has 0 aliphatic carbocycles. The zero-order valence-corrected chi connectivity index (χ0v) is 16.5. The van der Waals surface area contributed by atoms with Crippen LogP contribution in [-0.2, 0) is 0 Å². The summed E-state index contributed by atoms with van der Waals surface area (Å²) in [5.74, 6) is 0. The summed E-state index contributed by atoms with van der Waals surface area (Å²) in [6.45, 7) is 0. The largest absolute Gasteiger partial charge is 0.361 e. The molecule has 4 nitrogen and oxygen atoms in total. The van der Waals surface area contributed by atoms with Crippen LogP contribution in [0.15, 0.2) is 81.6 Å². The number of benzene rings is 1. The lowest BCUT2D eigenvalue weighted by Crippen LogP contribution is -1.86. The smallest absolute Gasteiger partial charge is 0.101 e. The van der Waals surface area contributed by atoms with E-state index in [2.05, 4.69) is 37.0 Å². The molecule has 4 rings (SSSR count). The van der Waals surface area contributed by atoms with Crippen molar-refractivity contribution in [3.05, 3.63) is 82.9 Å². The zero-order chi connectivity index (χ0) is 18.6. The molecule has 0 aliphatic rings. The van der Waals surface area contributed by atoms with E-state index in [1.807, 2.05) is 54.7 Å². The van der Waals surface area contributed by atoms with Gasteiger partial charge in [0.05, 0.1) is 11.6 Å². The third-order valence-corrected chi connectivity index (χ3v) is 5.55. The molecule has 1 N–H and O–H groups in total. The summed E-state index contributed by atoms with van der Waals surface area (Å²) in [5.41, 5.74) is 3.32. The van der Waals surface area contributed by atoms with Crippen molar-refractivity contribution >= 4 is 50.2 Å². The number of nitrogens with one attached hydrogen (secondary N) is 1. The second-order valence-electron chi connectivity index (χ2n) is 5.75. The predicted octanol–water partition coefficient (Wildman–Crippen LogP) is 5.94. The van der Waals surface area contributed by atoms with Crippen molar-refractivity contribution in [2.75, 3.05) is 0 Å². The first-order valence-electron chi connectivity index (χ1n) is 8.16. The number of nitriles is 1. The number of fused-ring (bicyclic) bond motifs is 1. The molecule has 0 aliphatic heterocycles. The van der Waals surface area contributed by atoms with Crippen LogP contribution in [0.2, 0.25) is 0 Å². The van der Waals surface area contributed by atoms with Gasteiger partial charge in [-0.25, -0.2) is 4.98 Å². The molecule has 0 unspecified atom stereocenters. The molecular weight excluding hydrogens is 420 g/mol. The highest BCUT2D eigenvalue weighted by Crippen LogP contribution is 2.33. The topological polar surface area (TPSA) is 65.4 Å². The summed E-state index contributed by atoms with van der Waals surface area (Å²) in [6.07, 6.45) is 9.03. The van der Waals surface area contributed by atoms with Gasteiger partial charge >= 0.3 is 0 Å². The lowest BCUT2D eigenvalue weighted by Gasteiger charge is -2.05. The highest BCUT2D eigenvalue weighted by Gasteiger charge is 2.11. The quantitative estimate of drug-likeness (QED) is 0.405. The summed E-state index contributed by atoms with van der Waals surface area (Å²) in [6, 6.07) is 16.0. The minimum atomic E-state index is 0.579. The number of pyridine rings is 2. The van der Waals surface area contributed by atoms with Crippen LogP contribution in [0.4, 0.5) is 0 Å². The number of allylic oxidation sites excluding steroid dienone is 1. The van der Waals surface area contributed by atoms with Gasteiger partial charge < -0.3 is 4.98 Å². The van der Waals surface area contributed by atoms with Crippen molar-refractivity contribution in [3.63, 3.8) is 0 Å². The van der Waals surface area contributed by atoms with E-state index in [1.54, 1.807) is 30.4 Å². The Hall–Kier alpha value is -2.88. The molecule has 27 heavy (non-hydrogen) atoms. The van der Waals surface area contributed by atoms with Gasteiger partial charge in [0.25, 0.3) is 0 Å². The van der Waals surface area contributed by atoms with Crippen molar-refractivity contribution < 1.29 is 0 Å². The van der Waals surface area contributed by atoms with Crippen molar-refractivity contribution in [1.29, 1.82) is 5.26 Å². The van der Waals surface area contributed by atoms with Crippen LogP contribution in [0, 0.1) is 11.3 Å². The third-order valence-electron chi connectivity index (χ3n) is 4.02. The van der Waals surface area contributed by atoms with Crippen molar-refractivity contribution in [1.82, 2.24) is 15.0 Å². The average molecular weight is 433 g/mol. The number of nitrogens with zero attached hydrogens (tertiary/aromatic N) is 3. The van der Waals surface area contributed by atoms with Gasteiger partial charge in [-0.15, -0.1) is 0 Å². The fourth-order valence-electron chi connectivity index (χ4n) is 2.76. The van der Waals surface area contributed by atoms with E-state index in [9.17, 15) is 5.26 Å². The van der Waals surface area contributed by atoms with Gasteiger partial charge in [-0.1, -0.05) is 33.8 Å². The van der Waals surface area contributed by atoms with E-state index < -0.39 is 0 Å². The van der Waals surface area contributed by atoms with E-state index in [4.69, 9.17) is 0 Å². The number of aromatic nitrogens is 3. The molecular formula is C21H13BrN4S. The van der Waals surface area contributed by atoms with Crippen LogP contribution in [0.3, 0.4) is 0 Å². The summed E-state index contributed by atoms with van der Waals surface area (Å²) >= 11 is 5.05. The molecule has 0 radical (unpaired) electrons. The number of hydrogen-bond donors (Lipinski definition) is 1. The molecule has 3 aromatic heterocycles. The van der Waals surface area contributed by atoms with Gasteiger partial charge in [0.2, 0.25) is 0 Å². The first-order valence-corrected chi connectivity index (χ1v) is 9.77.